The molecule has 146 valence electrons. The van der Waals surface area contributed by atoms with Crippen molar-refractivity contribution < 1.29 is 27.8 Å². The molecule has 0 aromatic heterocycles. The summed E-state index contributed by atoms with van der Waals surface area (Å²) in [5, 5.41) is 9.14. The molecule has 2 aromatic rings. The topological polar surface area (TPSA) is 46.5 Å². The van der Waals surface area contributed by atoms with E-state index in [-0.39, 0.29) is 17.5 Å². The fraction of sp³-hybridized carbons (Fsp3) is 0.381. The molecule has 0 saturated carbocycles. The number of rotatable bonds is 6. The number of benzene rings is 2. The molecule has 2 aromatic carbocycles. The van der Waals surface area contributed by atoms with Gasteiger partial charge >= 0.3 is 5.97 Å². The fourth-order valence-electron chi connectivity index (χ4n) is 3.26. The number of carbonyl (C=O) groups excluding carboxylic acids is 1. The van der Waals surface area contributed by atoms with Crippen molar-refractivity contribution in [3.8, 4) is 5.75 Å². The molecule has 0 aliphatic heterocycles. The standard InChI is InChI=1S/C21H23F3O3/c1-5-7-14-17(22)16(10-25)18(23)19(24)20(14)27-21(26)15-9-11(3)8-12(4)13(15)6-2/h8-9,25H,5-7,10H2,1-4H3. The molecule has 0 bridgehead atoms. The second-order valence-corrected chi connectivity index (χ2v) is 6.49. The van der Waals surface area contributed by atoms with Crippen LogP contribution < -0.4 is 4.74 Å². The van der Waals surface area contributed by atoms with E-state index in [1.807, 2.05) is 26.8 Å². The molecule has 0 spiro atoms. The van der Waals surface area contributed by atoms with Crippen molar-refractivity contribution in [1.82, 2.24) is 0 Å². The van der Waals surface area contributed by atoms with Crippen molar-refractivity contribution in [3.63, 3.8) is 0 Å². The summed E-state index contributed by atoms with van der Waals surface area (Å²) in [6.45, 7) is 6.26. The van der Waals surface area contributed by atoms with E-state index >= 15 is 0 Å². The molecule has 0 unspecified atom stereocenters. The van der Waals surface area contributed by atoms with E-state index in [0.717, 1.165) is 16.7 Å². The van der Waals surface area contributed by atoms with Gasteiger partial charge in [-0.2, -0.15) is 4.39 Å². The third-order valence-corrected chi connectivity index (χ3v) is 4.50. The summed E-state index contributed by atoms with van der Waals surface area (Å²) in [4.78, 5) is 12.7. The van der Waals surface area contributed by atoms with Gasteiger partial charge in [-0.3, -0.25) is 0 Å². The molecule has 0 aliphatic rings. The number of ether oxygens (including phenoxy) is 1. The summed E-state index contributed by atoms with van der Waals surface area (Å²) >= 11 is 0. The second-order valence-electron chi connectivity index (χ2n) is 6.49. The maximum atomic E-state index is 14.5. The average molecular weight is 380 g/mol. The van der Waals surface area contributed by atoms with Gasteiger partial charge in [0.15, 0.2) is 11.6 Å². The normalized spacial score (nSPS) is 11.0. The van der Waals surface area contributed by atoms with E-state index in [4.69, 9.17) is 9.84 Å². The molecule has 0 aliphatic carbocycles. The molecule has 1 N–H and O–H groups in total. The number of carbonyl (C=O) groups is 1. The highest BCUT2D eigenvalue weighted by atomic mass is 19.2. The van der Waals surface area contributed by atoms with Crippen molar-refractivity contribution in [2.24, 2.45) is 0 Å². The van der Waals surface area contributed by atoms with Crippen LogP contribution in [0.2, 0.25) is 0 Å². The Morgan fingerprint density at radius 2 is 1.67 bits per heavy atom. The summed E-state index contributed by atoms with van der Waals surface area (Å²) in [6.07, 6.45) is 1.00. The van der Waals surface area contributed by atoms with E-state index in [2.05, 4.69) is 0 Å². The lowest BCUT2D eigenvalue weighted by atomic mass is 9.97. The van der Waals surface area contributed by atoms with E-state index in [1.165, 1.54) is 0 Å². The Balaban J connectivity index is 2.59. The summed E-state index contributed by atoms with van der Waals surface area (Å²) in [5.74, 6) is -5.73. The van der Waals surface area contributed by atoms with Gasteiger partial charge in [0, 0.05) is 5.56 Å². The molecular weight excluding hydrogens is 357 g/mol. The molecule has 0 amide bonds. The maximum absolute atomic E-state index is 14.5. The molecule has 3 nitrogen and oxygen atoms in total. The number of hydrogen-bond donors (Lipinski definition) is 1. The predicted molar refractivity (Wildman–Crippen MR) is 96.5 cm³/mol. The first-order valence-corrected chi connectivity index (χ1v) is 8.88. The number of aliphatic hydroxyl groups excluding tert-OH is 1. The summed E-state index contributed by atoms with van der Waals surface area (Å²) in [6, 6.07) is 3.52. The molecule has 0 fully saturated rings. The van der Waals surface area contributed by atoms with Crippen molar-refractivity contribution >= 4 is 5.97 Å². The largest absolute Gasteiger partial charge is 0.419 e. The molecule has 0 saturated heterocycles. The average Bonchev–Trinajstić information content (AvgIpc) is 2.62. The van der Waals surface area contributed by atoms with Crippen molar-refractivity contribution in [1.29, 1.82) is 0 Å². The molecule has 0 radical (unpaired) electrons. The third-order valence-electron chi connectivity index (χ3n) is 4.50. The molecule has 0 heterocycles. The Hall–Kier alpha value is -2.34. The first kappa shape index (κ1) is 21.0. The fourth-order valence-corrected chi connectivity index (χ4v) is 3.26. The highest BCUT2D eigenvalue weighted by Crippen LogP contribution is 2.33. The van der Waals surface area contributed by atoms with Gasteiger partial charge in [-0.25, -0.2) is 13.6 Å². The lowest BCUT2D eigenvalue weighted by molar-refractivity contribution is 0.0722. The van der Waals surface area contributed by atoms with Crippen LogP contribution in [0.15, 0.2) is 12.1 Å². The van der Waals surface area contributed by atoms with Crippen molar-refractivity contribution in [2.75, 3.05) is 0 Å². The van der Waals surface area contributed by atoms with Gasteiger partial charge in [0.2, 0.25) is 5.82 Å². The molecule has 6 heteroatoms. The SMILES string of the molecule is CCCc1c(F)c(CO)c(F)c(F)c1OC(=O)c1cc(C)cc(C)c1CC. The Morgan fingerprint density at radius 3 is 2.22 bits per heavy atom. The maximum Gasteiger partial charge on any atom is 0.343 e. The van der Waals surface area contributed by atoms with Gasteiger partial charge in [0.1, 0.15) is 5.82 Å². The highest BCUT2D eigenvalue weighted by Gasteiger charge is 2.28. The predicted octanol–water partition coefficient (Wildman–Crippen LogP) is 4.95. The van der Waals surface area contributed by atoms with E-state index in [1.54, 1.807) is 13.0 Å². The van der Waals surface area contributed by atoms with Crippen LogP contribution in [-0.4, -0.2) is 11.1 Å². The smallest absolute Gasteiger partial charge is 0.343 e. The van der Waals surface area contributed by atoms with Crippen LogP contribution in [0.4, 0.5) is 13.2 Å². The Kier molecular flexibility index (Phi) is 6.65. The van der Waals surface area contributed by atoms with Crippen LogP contribution in [0.1, 0.15) is 58.4 Å². The van der Waals surface area contributed by atoms with Gasteiger partial charge in [-0.15, -0.1) is 0 Å². The lowest BCUT2D eigenvalue weighted by Gasteiger charge is -2.17. The minimum Gasteiger partial charge on any atom is -0.419 e. The van der Waals surface area contributed by atoms with Gasteiger partial charge in [-0.05, 0) is 49.4 Å². The zero-order valence-electron chi connectivity index (χ0n) is 15.9. The molecule has 27 heavy (non-hydrogen) atoms. The summed E-state index contributed by atoms with van der Waals surface area (Å²) in [7, 11) is 0. The van der Waals surface area contributed by atoms with Crippen LogP contribution >= 0.6 is 0 Å². The first-order valence-electron chi connectivity index (χ1n) is 8.88. The highest BCUT2D eigenvalue weighted by molar-refractivity contribution is 5.93. The van der Waals surface area contributed by atoms with Gasteiger partial charge in [-0.1, -0.05) is 26.3 Å². The lowest BCUT2D eigenvalue weighted by Crippen LogP contribution is -2.17. The van der Waals surface area contributed by atoms with Crippen LogP contribution in [-0.2, 0) is 19.4 Å². The molecule has 2 rings (SSSR count). The van der Waals surface area contributed by atoms with Crippen LogP contribution in [0, 0.1) is 31.3 Å². The Morgan fingerprint density at radius 1 is 1.00 bits per heavy atom. The number of halogens is 3. The van der Waals surface area contributed by atoms with E-state index < -0.39 is 41.3 Å². The molecular formula is C21H23F3O3. The van der Waals surface area contributed by atoms with Crippen LogP contribution in [0.25, 0.3) is 0 Å². The van der Waals surface area contributed by atoms with E-state index in [9.17, 15) is 18.0 Å². The van der Waals surface area contributed by atoms with Crippen LogP contribution in [0.5, 0.6) is 5.75 Å². The zero-order valence-corrected chi connectivity index (χ0v) is 15.9. The third kappa shape index (κ3) is 4.00. The summed E-state index contributed by atoms with van der Waals surface area (Å²) in [5.41, 5.74) is 1.65. The Labute approximate surface area is 156 Å². The zero-order chi connectivity index (χ0) is 20.3. The van der Waals surface area contributed by atoms with Gasteiger partial charge < -0.3 is 9.84 Å². The monoisotopic (exact) mass is 380 g/mol. The molecule has 0 atom stereocenters. The first-order chi connectivity index (χ1) is 12.8. The number of aliphatic hydroxyl groups is 1. The quantitative estimate of drug-likeness (QED) is 0.438. The number of aryl methyl sites for hydroxylation is 2. The van der Waals surface area contributed by atoms with Crippen molar-refractivity contribution in [3.05, 3.63) is 63.0 Å². The van der Waals surface area contributed by atoms with Gasteiger partial charge in [0.05, 0.1) is 17.7 Å². The van der Waals surface area contributed by atoms with E-state index in [0.29, 0.717) is 12.8 Å². The summed E-state index contributed by atoms with van der Waals surface area (Å²) < 4.78 is 48.3. The minimum absolute atomic E-state index is 0.0339. The second kappa shape index (κ2) is 8.57. The number of hydrogen-bond acceptors (Lipinski definition) is 3. The van der Waals surface area contributed by atoms with Gasteiger partial charge in [0.25, 0.3) is 0 Å². The number of esters is 1. The Bertz CT molecular complexity index is 876. The van der Waals surface area contributed by atoms with Crippen LogP contribution in [0.3, 0.4) is 0 Å². The minimum atomic E-state index is -1.55. The van der Waals surface area contributed by atoms with Crippen molar-refractivity contribution in [2.45, 2.75) is 53.6 Å².